The van der Waals surface area contributed by atoms with Crippen molar-refractivity contribution in [1.29, 1.82) is 0 Å². The minimum Gasteiger partial charge on any atom is -0.488 e. The van der Waals surface area contributed by atoms with Crippen LogP contribution in [0, 0.1) is 5.92 Å². The number of benzene rings is 5. The Morgan fingerprint density at radius 1 is 0.784 bits per heavy atom. The lowest BCUT2D eigenvalue weighted by molar-refractivity contribution is -0.137. The highest BCUT2D eigenvalue weighted by atomic mass is 19.4. The first-order valence-corrected chi connectivity index (χ1v) is 16.4. The predicted molar refractivity (Wildman–Crippen MR) is 190 cm³/mol. The first-order valence-electron chi connectivity index (χ1n) is 16.4. The molecule has 6 rings (SSSR count). The van der Waals surface area contributed by atoms with Crippen LogP contribution in [0.5, 0.6) is 5.75 Å². The number of tetrazole rings is 1. The third-order valence-electron chi connectivity index (χ3n) is 8.60. The number of carbonyl (C=O) groups is 1. The summed E-state index contributed by atoms with van der Waals surface area (Å²) in [5.41, 5.74) is 6.44. The maximum Gasteiger partial charge on any atom is 0.416 e. The second-order valence-electron chi connectivity index (χ2n) is 12.1. The van der Waals surface area contributed by atoms with Crippen LogP contribution in [0.15, 0.2) is 127 Å². The van der Waals surface area contributed by atoms with Crippen LogP contribution in [0.3, 0.4) is 0 Å². The van der Waals surface area contributed by atoms with E-state index in [1.54, 1.807) is 12.1 Å². The molecule has 0 radical (unpaired) electrons. The number of hydrogen-bond donors (Lipinski definition) is 1. The van der Waals surface area contributed by atoms with Crippen molar-refractivity contribution in [1.82, 2.24) is 20.6 Å². The molecule has 0 amide bonds. The van der Waals surface area contributed by atoms with E-state index >= 15 is 0 Å². The van der Waals surface area contributed by atoms with Gasteiger partial charge < -0.3 is 9.47 Å². The van der Waals surface area contributed by atoms with Gasteiger partial charge in [0.2, 0.25) is 5.82 Å². The number of alkyl halides is 3. The molecule has 0 saturated heterocycles. The number of H-pyrrole nitrogens is 1. The lowest BCUT2D eigenvalue weighted by Crippen LogP contribution is -2.05. The van der Waals surface area contributed by atoms with Crippen molar-refractivity contribution in [2.24, 2.45) is 5.92 Å². The van der Waals surface area contributed by atoms with Crippen LogP contribution in [0.1, 0.15) is 44.6 Å². The van der Waals surface area contributed by atoms with Crippen molar-refractivity contribution in [3.63, 3.8) is 0 Å². The Morgan fingerprint density at radius 2 is 1.41 bits per heavy atom. The fourth-order valence-electron chi connectivity index (χ4n) is 5.72. The van der Waals surface area contributed by atoms with Crippen LogP contribution < -0.4 is 4.74 Å². The number of halogens is 3. The largest absolute Gasteiger partial charge is 0.488 e. The normalized spacial score (nSPS) is 12.2. The molecule has 0 spiro atoms. The van der Waals surface area contributed by atoms with Crippen molar-refractivity contribution in [3.05, 3.63) is 161 Å². The number of aryl methyl sites for hydroxylation is 1. The standard InChI is InChI=1S/C41H35F3N4O3/c1-50-40(49)36-20-8-28(9-21-36)6-7-29(26-30-11-18-35(19-12-30)39-45-47-48-46-39)10-17-34-4-2-3-5-38(34)51-27-31-13-15-32(16-14-31)33-22-24-37(25-23-33)41(42,43)44/h2-5,8-25,29H,6-7,26-27H2,1H3,(H,45,46,47,48). The van der Waals surface area contributed by atoms with Crippen molar-refractivity contribution >= 4 is 12.0 Å². The number of carbonyl (C=O) groups excluding carboxylic acids is 1. The molecule has 10 heteroatoms. The smallest absolute Gasteiger partial charge is 0.416 e. The van der Waals surface area contributed by atoms with Gasteiger partial charge in [0.25, 0.3) is 0 Å². The van der Waals surface area contributed by atoms with Gasteiger partial charge in [0.15, 0.2) is 0 Å². The van der Waals surface area contributed by atoms with Crippen LogP contribution in [0.25, 0.3) is 28.6 Å². The molecule has 0 fully saturated rings. The summed E-state index contributed by atoms with van der Waals surface area (Å²) in [5, 5.41) is 14.3. The molecule has 5 aromatic carbocycles. The summed E-state index contributed by atoms with van der Waals surface area (Å²) >= 11 is 0. The Kier molecular flexibility index (Phi) is 11.0. The number of nitrogens with zero attached hydrogens (tertiary/aromatic N) is 3. The first-order chi connectivity index (χ1) is 24.7. The fourth-order valence-corrected chi connectivity index (χ4v) is 5.72. The zero-order valence-electron chi connectivity index (χ0n) is 27.8. The zero-order chi connectivity index (χ0) is 35.6. The number of hydrogen-bond acceptors (Lipinski definition) is 6. The quantitative estimate of drug-likeness (QED) is 0.122. The molecule has 1 atom stereocenters. The maximum absolute atomic E-state index is 13.0. The molecule has 1 N–H and O–H groups in total. The van der Waals surface area contributed by atoms with Crippen molar-refractivity contribution in [2.75, 3.05) is 7.11 Å². The van der Waals surface area contributed by atoms with Gasteiger partial charge in [-0.25, -0.2) is 4.79 Å². The average Bonchev–Trinajstić information content (AvgIpc) is 3.71. The van der Waals surface area contributed by atoms with Gasteiger partial charge >= 0.3 is 12.1 Å². The van der Waals surface area contributed by atoms with Crippen molar-refractivity contribution < 1.29 is 27.4 Å². The number of rotatable bonds is 13. The maximum atomic E-state index is 13.0. The van der Waals surface area contributed by atoms with Crippen molar-refractivity contribution in [2.45, 2.75) is 32.0 Å². The summed E-state index contributed by atoms with van der Waals surface area (Å²) in [5.74, 6) is 1.11. The van der Waals surface area contributed by atoms with Gasteiger partial charge in [0.1, 0.15) is 12.4 Å². The number of esters is 1. The monoisotopic (exact) mass is 688 g/mol. The Balaban J connectivity index is 1.14. The number of nitrogens with one attached hydrogen (secondary N) is 1. The minimum atomic E-state index is -4.36. The third-order valence-corrected chi connectivity index (χ3v) is 8.60. The van der Waals surface area contributed by atoms with Gasteiger partial charge in [-0.2, -0.15) is 18.4 Å². The van der Waals surface area contributed by atoms with Crippen LogP contribution in [0.4, 0.5) is 13.2 Å². The van der Waals surface area contributed by atoms with Gasteiger partial charge in [0, 0.05) is 11.1 Å². The van der Waals surface area contributed by atoms with E-state index in [0.29, 0.717) is 23.6 Å². The molecule has 258 valence electrons. The number of allylic oxidation sites excluding steroid dienone is 1. The topological polar surface area (TPSA) is 90.0 Å². The molecular formula is C41H35F3N4O3. The summed E-state index contributed by atoms with van der Waals surface area (Å²) in [6, 6.07) is 36.3. The summed E-state index contributed by atoms with van der Waals surface area (Å²) < 4.78 is 50.0. The molecule has 1 unspecified atom stereocenters. The highest BCUT2D eigenvalue weighted by Gasteiger charge is 2.30. The van der Waals surface area contributed by atoms with Crippen LogP contribution in [-0.2, 0) is 30.4 Å². The Bertz CT molecular complexity index is 2040. The summed E-state index contributed by atoms with van der Waals surface area (Å²) in [6.45, 7) is 0.329. The molecule has 6 aromatic rings. The van der Waals surface area contributed by atoms with E-state index in [-0.39, 0.29) is 11.9 Å². The molecule has 0 aliphatic rings. The van der Waals surface area contributed by atoms with E-state index in [4.69, 9.17) is 9.47 Å². The lowest BCUT2D eigenvalue weighted by Gasteiger charge is -2.15. The minimum absolute atomic E-state index is 0.187. The second kappa shape index (κ2) is 16.1. The second-order valence-corrected chi connectivity index (χ2v) is 12.1. The van der Waals surface area contributed by atoms with Gasteiger partial charge in [0.05, 0.1) is 18.2 Å². The van der Waals surface area contributed by atoms with Crippen LogP contribution in [0.2, 0.25) is 0 Å². The number of methoxy groups -OCH3 is 1. The van der Waals surface area contributed by atoms with Gasteiger partial charge in [-0.1, -0.05) is 103 Å². The molecular weight excluding hydrogens is 653 g/mol. The summed E-state index contributed by atoms with van der Waals surface area (Å²) in [6.07, 6.45) is 2.44. The number of ether oxygens (including phenoxy) is 2. The van der Waals surface area contributed by atoms with E-state index < -0.39 is 11.7 Å². The van der Waals surface area contributed by atoms with Gasteiger partial charge in [-0.3, -0.25) is 0 Å². The van der Waals surface area contributed by atoms with E-state index in [1.165, 1.54) is 24.8 Å². The van der Waals surface area contributed by atoms with Crippen LogP contribution in [-0.4, -0.2) is 33.7 Å². The molecule has 51 heavy (non-hydrogen) atoms. The molecule has 0 aliphatic carbocycles. The van der Waals surface area contributed by atoms with Gasteiger partial charge in [-0.05, 0) is 88.5 Å². The lowest BCUT2D eigenvalue weighted by atomic mass is 9.91. The fraction of sp³-hybridized carbons (Fsp3) is 0.171. The van der Waals surface area contributed by atoms with Gasteiger partial charge in [-0.15, -0.1) is 10.2 Å². The Morgan fingerprint density at radius 3 is 2.06 bits per heavy atom. The number of aromatic amines is 1. The third kappa shape index (κ3) is 9.36. The SMILES string of the molecule is COC(=O)c1ccc(CCC(C=Cc2ccccc2OCc2ccc(-c3ccc(C(F)(F)F)cc3)cc2)Cc2ccc(-c3nn[nH]n3)cc2)cc1. The predicted octanol–water partition coefficient (Wildman–Crippen LogP) is 9.42. The summed E-state index contributed by atoms with van der Waals surface area (Å²) in [4.78, 5) is 11.9. The molecule has 0 aliphatic heterocycles. The van der Waals surface area contributed by atoms with Crippen molar-refractivity contribution in [3.8, 4) is 28.3 Å². The molecule has 7 nitrogen and oxygen atoms in total. The number of aromatic nitrogens is 4. The average molecular weight is 689 g/mol. The zero-order valence-corrected chi connectivity index (χ0v) is 27.8. The highest BCUT2D eigenvalue weighted by Crippen LogP contribution is 2.31. The van der Waals surface area contributed by atoms with E-state index in [0.717, 1.165) is 65.0 Å². The number of para-hydroxylation sites is 1. The molecule has 0 bridgehead atoms. The molecule has 1 heterocycles. The Hall–Kier alpha value is -6.03. The van der Waals surface area contributed by atoms with E-state index in [1.807, 2.05) is 72.8 Å². The van der Waals surface area contributed by atoms with E-state index in [2.05, 4.69) is 44.9 Å². The highest BCUT2D eigenvalue weighted by molar-refractivity contribution is 5.89. The van der Waals surface area contributed by atoms with E-state index in [9.17, 15) is 18.0 Å². The van der Waals surface area contributed by atoms with Crippen LogP contribution >= 0.6 is 0 Å². The first kappa shape index (κ1) is 34.8. The summed E-state index contributed by atoms with van der Waals surface area (Å²) in [7, 11) is 1.37. The molecule has 1 aromatic heterocycles. The Labute approximate surface area is 293 Å². The molecule has 0 saturated carbocycles.